The van der Waals surface area contributed by atoms with E-state index in [1.165, 1.54) is 24.3 Å². The molecule has 1 aromatic carbocycles. The summed E-state index contributed by atoms with van der Waals surface area (Å²) in [7, 11) is -7.46. The molecule has 4 N–H and O–H groups in total. The van der Waals surface area contributed by atoms with E-state index in [0.29, 0.717) is 5.92 Å². The Morgan fingerprint density at radius 2 is 1.65 bits per heavy atom. The molecule has 9 heteroatoms. The Morgan fingerprint density at radius 1 is 1.04 bits per heavy atom. The maximum absolute atomic E-state index is 12.3. The van der Waals surface area contributed by atoms with E-state index in [2.05, 4.69) is 9.44 Å². The Bertz CT molecular complexity index is 784. The fourth-order valence-electron chi connectivity index (χ4n) is 2.28. The lowest BCUT2D eigenvalue weighted by molar-refractivity contribution is 0.547. The molecule has 0 aromatic heterocycles. The Morgan fingerprint density at radius 3 is 2.22 bits per heavy atom. The first-order chi connectivity index (χ1) is 10.8. The molecule has 0 saturated heterocycles. The van der Waals surface area contributed by atoms with Gasteiger partial charge in [-0.25, -0.2) is 26.3 Å². The van der Waals surface area contributed by atoms with Gasteiger partial charge in [0.25, 0.3) is 0 Å². The molecule has 0 bridgehead atoms. The Hall–Kier alpha value is -1.00. The van der Waals surface area contributed by atoms with Crippen molar-refractivity contribution in [1.29, 1.82) is 0 Å². The minimum absolute atomic E-state index is 0.0325. The van der Waals surface area contributed by atoms with E-state index in [1.54, 1.807) is 0 Å². The molecule has 0 amide bonds. The van der Waals surface area contributed by atoms with E-state index in [-0.39, 0.29) is 28.4 Å². The fraction of sp³-hybridized carbons (Fsp3) is 0.571. The first-order valence-corrected chi connectivity index (χ1v) is 10.6. The smallest absolute Gasteiger partial charge is 0.240 e. The second-order valence-corrected chi connectivity index (χ2v) is 9.70. The van der Waals surface area contributed by atoms with Gasteiger partial charge in [-0.15, -0.1) is 0 Å². The van der Waals surface area contributed by atoms with Crippen LogP contribution in [0, 0.1) is 5.92 Å². The van der Waals surface area contributed by atoms with Gasteiger partial charge in [0.2, 0.25) is 20.0 Å². The van der Waals surface area contributed by atoms with Crippen molar-refractivity contribution < 1.29 is 16.8 Å². The molecule has 2 fully saturated rings. The number of rotatable bonds is 8. The number of hydrogen-bond acceptors (Lipinski definition) is 5. The number of hydrogen-bond donors (Lipinski definition) is 3. The third kappa shape index (κ3) is 4.30. The maximum Gasteiger partial charge on any atom is 0.240 e. The topological polar surface area (TPSA) is 118 Å². The molecule has 3 rings (SSSR count). The molecule has 0 aliphatic heterocycles. The lowest BCUT2D eigenvalue weighted by atomic mass is 10.2. The molecule has 2 saturated carbocycles. The summed E-state index contributed by atoms with van der Waals surface area (Å²) in [4.78, 5) is -0.113. The minimum atomic E-state index is -3.78. The third-order valence-corrected chi connectivity index (χ3v) is 7.00. The van der Waals surface area contributed by atoms with Crippen molar-refractivity contribution in [3.8, 4) is 0 Å². The first kappa shape index (κ1) is 16.8. The molecular weight excluding hydrogens is 338 g/mol. The van der Waals surface area contributed by atoms with Crippen LogP contribution in [0.3, 0.4) is 0 Å². The Balaban J connectivity index is 1.74. The zero-order valence-electron chi connectivity index (χ0n) is 12.6. The van der Waals surface area contributed by atoms with Gasteiger partial charge in [-0.05, 0) is 49.8 Å². The highest BCUT2D eigenvalue weighted by Crippen LogP contribution is 2.31. The summed E-state index contributed by atoms with van der Waals surface area (Å²) in [6, 6.07) is 5.14. The van der Waals surface area contributed by atoms with Crippen LogP contribution in [-0.4, -0.2) is 35.5 Å². The summed E-state index contributed by atoms with van der Waals surface area (Å²) in [5.74, 6) is 0.382. The molecule has 0 radical (unpaired) electrons. The lowest BCUT2D eigenvalue weighted by Crippen LogP contribution is -2.38. The molecule has 2 aliphatic carbocycles. The minimum Gasteiger partial charge on any atom is -0.326 e. The average Bonchev–Trinajstić information content (AvgIpc) is 3.38. The monoisotopic (exact) mass is 359 g/mol. The fourth-order valence-corrected chi connectivity index (χ4v) is 4.82. The van der Waals surface area contributed by atoms with E-state index < -0.39 is 20.0 Å². The predicted molar refractivity (Wildman–Crippen MR) is 85.7 cm³/mol. The normalized spacial score (nSPS) is 20.4. The zero-order chi connectivity index (χ0) is 16.7. The van der Waals surface area contributed by atoms with Gasteiger partial charge in [0.15, 0.2) is 0 Å². The zero-order valence-corrected chi connectivity index (χ0v) is 14.2. The van der Waals surface area contributed by atoms with Crippen molar-refractivity contribution in [3.63, 3.8) is 0 Å². The van der Waals surface area contributed by atoms with Crippen LogP contribution < -0.4 is 15.2 Å². The molecular formula is C14H21N3O4S2. The lowest BCUT2D eigenvalue weighted by Gasteiger charge is -2.13. The van der Waals surface area contributed by atoms with Crippen LogP contribution in [0.2, 0.25) is 0 Å². The molecule has 1 atom stereocenters. The first-order valence-electron chi connectivity index (χ1n) is 7.65. The summed E-state index contributed by atoms with van der Waals surface area (Å²) in [6.45, 7) is 0.157. The van der Waals surface area contributed by atoms with Gasteiger partial charge in [-0.1, -0.05) is 6.07 Å². The molecule has 23 heavy (non-hydrogen) atoms. The van der Waals surface area contributed by atoms with Crippen molar-refractivity contribution in [1.82, 2.24) is 9.44 Å². The van der Waals surface area contributed by atoms with Gasteiger partial charge in [0, 0.05) is 18.6 Å². The van der Waals surface area contributed by atoms with Gasteiger partial charge in [0.05, 0.1) is 9.79 Å². The second-order valence-electron chi connectivity index (χ2n) is 6.22. The number of nitrogens with one attached hydrogen (secondary N) is 2. The molecule has 0 spiro atoms. The standard InChI is InChI=1S/C14H21N3O4S2/c15-14(10-4-5-10)9-16-22(18,19)12-2-1-3-13(8-12)23(20,21)17-11-6-7-11/h1-3,8,10-11,14,16-17H,4-7,9,15H2. The highest BCUT2D eigenvalue weighted by molar-refractivity contribution is 7.90. The van der Waals surface area contributed by atoms with Gasteiger partial charge < -0.3 is 5.73 Å². The highest BCUT2D eigenvalue weighted by atomic mass is 32.2. The van der Waals surface area contributed by atoms with E-state index in [4.69, 9.17) is 5.73 Å². The van der Waals surface area contributed by atoms with Crippen LogP contribution in [0.1, 0.15) is 25.7 Å². The Labute approximate surface area is 136 Å². The van der Waals surface area contributed by atoms with Gasteiger partial charge in [0.1, 0.15) is 0 Å². The van der Waals surface area contributed by atoms with E-state index >= 15 is 0 Å². The Kier molecular flexibility index (Phi) is 4.49. The van der Waals surface area contributed by atoms with Crippen molar-refractivity contribution in [2.45, 2.75) is 47.6 Å². The van der Waals surface area contributed by atoms with Gasteiger partial charge >= 0.3 is 0 Å². The average molecular weight is 359 g/mol. The van der Waals surface area contributed by atoms with Crippen molar-refractivity contribution in [3.05, 3.63) is 24.3 Å². The van der Waals surface area contributed by atoms with Crippen LogP contribution >= 0.6 is 0 Å². The van der Waals surface area contributed by atoms with Crippen LogP contribution in [-0.2, 0) is 20.0 Å². The molecule has 128 valence electrons. The molecule has 2 aliphatic rings. The van der Waals surface area contributed by atoms with Crippen LogP contribution in [0.4, 0.5) is 0 Å². The van der Waals surface area contributed by atoms with Crippen LogP contribution in [0.5, 0.6) is 0 Å². The summed E-state index contributed by atoms with van der Waals surface area (Å²) in [5, 5.41) is 0. The van der Waals surface area contributed by atoms with E-state index in [1.807, 2.05) is 0 Å². The van der Waals surface area contributed by atoms with Crippen molar-refractivity contribution in [2.24, 2.45) is 11.7 Å². The predicted octanol–water partition coefficient (Wildman–Crippen LogP) is 0.143. The van der Waals surface area contributed by atoms with Crippen molar-refractivity contribution in [2.75, 3.05) is 6.54 Å². The van der Waals surface area contributed by atoms with Gasteiger partial charge in [-0.2, -0.15) is 0 Å². The summed E-state index contributed by atoms with van der Waals surface area (Å²) in [5.41, 5.74) is 5.89. The number of nitrogens with two attached hydrogens (primary N) is 1. The van der Waals surface area contributed by atoms with Crippen molar-refractivity contribution >= 4 is 20.0 Å². The molecule has 0 heterocycles. The van der Waals surface area contributed by atoms with Gasteiger partial charge in [-0.3, -0.25) is 0 Å². The van der Waals surface area contributed by atoms with Crippen LogP contribution in [0.15, 0.2) is 34.1 Å². The molecule has 7 nitrogen and oxygen atoms in total. The number of sulfonamides is 2. The SMILES string of the molecule is NC(CNS(=O)(=O)c1cccc(S(=O)(=O)NC2CC2)c1)C1CC1. The van der Waals surface area contributed by atoms with E-state index in [0.717, 1.165) is 25.7 Å². The number of benzene rings is 1. The summed E-state index contributed by atoms with van der Waals surface area (Å²) in [6.07, 6.45) is 3.70. The maximum atomic E-state index is 12.3. The quantitative estimate of drug-likeness (QED) is 0.610. The highest BCUT2D eigenvalue weighted by Gasteiger charge is 2.30. The summed E-state index contributed by atoms with van der Waals surface area (Å²) >= 11 is 0. The largest absolute Gasteiger partial charge is 0.326 e. The third-order valence-electron chi connectivity index (χ3n) is 4.06. The summed E-state index contributed by atoms with van der Waals surface area (Å²) < 4.78 is 54.0. The van der Waals surface area contributed by atoms with E-state index in [9.17, 15) is 16.8 Å². The second kappa shape index (κ2) is 6.14. The molecule has 1 aromatic rings. The van der Waals surface area contributed by atoms with Crippen LogP contribution in [0.25, 0.3) is 0 Å². The molecule has 1 unspecified atom stereocenters.